The van der Waals surface area contributed by atoms with E-state index >= 15 is 0 Å². The van der Waals surface area contributed by atoms with Gasteiger partial charge in [-0.1, -0.05) is 6.92 Å². The van der Waals surface area contributed by atoms with E-state index in [0.717, 1.165) is 26.2 Å². The Labute approximate surface area is 99.3 Å². The molecule has 3 nitrogen and oxygen atoms in total. The number of thiazole rings is 1. The van der Waals surface area contributed by atoms with Crippen LogP contribution in [0.5, 0.6) is 0 Å². The maximum absolute atomic E-state index is 4.64. The fourth-order valence-electron chi connectivity index (χ4n) is 1.53. The van der Waals surface area contributed by atoms with Gasteiger partial charge in [-0.25, -0.2) is 4.98 Å². The first-order chi connectivity index (χ1) is 7.40. The highest BCUT2D eigenvalue weighted by Gasteiger charge is 2.14. The van der Waals surface area contributed by atoms with Crippen molar-refractivity contribution in [3.05, 3.63) is 11.1 Å². The van der Waals surface area contributed by atoms with Gasteiger partial charge in [0, 0.05) is 36.5 Å². The van der Waals surface area contributed by atoms with Crippen LogP contribution in [0.4, 0.5) is 5.13 Å². The van der Waals surface area contributed by atoms with Gasteiger partial charge in [-0.15, -0.1) is 11.3 Å². The topological polar surface area (TPSA) is 28.2 Å². The van der Waals surface area contributed by atoms with E-state index in [1.165, 1.54) is 22.3 Å². The third-order valence-electron chi connectivity index (χ3n) is 2.38. The lowest BCUT2D eigenvalue weighted by molar-refractivity contribution is 0.712. The van der Waals surface area contributed by atoms with Gasteiger partial charge in [-0.05, 0) is 6.54 Å². The molecule has 1 saturated heterocycles. The summed E-state index contributed by atoms with van der Waals surface area (Å²) in [4.78, 5) is 7.04. The molecule has 0 saturated carbocycles. The Bertz CT molecular complexity index is 295. The number of nitrogens with zero attached hydrogens (tertiary/aromatic N) is 2. The molecule has 0 spiro atoms. The molecule has 1 fully saturated rings. The van der Waals surface area contributed by atoms with Crippen molar-refractivity contribution >= 4 is 28.2 Å². The average Bonchev–Trinajstić information content (AvgIpc) is 2.76. The fourth-order valence-corrected chi connectivity index (χ4v) is 3.31. The summed E-state index contributed by atoms with van der Waals surface area (Å²) in [5.74, 6) is 2.48. The molecule has 15 heavy (non-hydrogen) atoms. The third kappa shape index (κ3) is 3.09. The molecule has 5 heteroatoms. The number of aromatic nitrogens is 1. The summed E-state index contributed by atoms with van der Waals surface area (Å²) < 4.78 is 0. The number of hydrogen-bond donors (Lipinski definition) is 1. The van der Waals surface area contributed by atoms with Crippen LogP contribution in [0.3, 0.4) is 0 Å². The van der Waals surface area contributed by atoms with Crippen molar-refractivity contribution in [3.63, 3.8) is 0 Å². The molecule has 0 bridgehead atoms. The summed E-state index contributed by atoms with van der Waals surface area (Å²) >= 11 is 3.81. The van der Waals surface area contributed by atoms with Gasteiger partial charge in [0.2, 0.25) is 0 Å². The molecule has 84 valence electrons. The minimum atomic E-state index is 0.898. The van der Waals surface area contributed by atoms with Crippen LogP contribution in [0, 0.1) is 0 Å². The lowest BCUT2D eigenvalue weighted by atomic mass is 10.5. The van der Waals surface area contributed by atoms with Crippen LogP contribution in [0.15, 0.2) is 5.38 Å². The van der Waals surface area contributed by atoms with Gasteiger partial charge in [-0.2, -0.15) is 11.8 Å². The van der Waals surface area contributed by atoms with Crippen molar-refractivity contribution in [1.29, 1.82) is 0 Å². The molecule has 1 aliphatic rings. The average molecular weight is 243 g/mol. The number of nitrogens with one attached hydrogen (secondary N) is 1. The molecule has 0 aromatic carbocycles. The van der Waals surface area contributed by atoms with Crippen molar-refractivity contribution < 1.29 is 0 Å². The van der Waals surface area contributed by atoms with Gasteiger partial charge >= 0.3 is 0 Å². The molecule has 2 rings (SSSR count). The largest absolute Gasteiger partial charge is 0.346 e. The van der Waals surface area contributed by atoms with Gasteiger partial charge in [0.25, 0.3) is 0 Å². The normalized spacial score (nSPS) is 17.0. The summed E-state index contributed by atoms with van der Waals surface area (Å²) in [5, 5.41) is 6.67. The maximum Gasteiger partial charge on any atom is 0.185 e. The summed E-state index contributed by atoms with van der Waals surface area (Å²) in [6.45, 7) is 6.33. The Hall–Kier alpha value is -0.260. The highest BCUT2D eigenvalue weighted by atomic mass is 32.2. The van der Waals surface area contributed by atoms with Crippen LogP contribution in [0.25, 0.3) is 0 Å². The molecule has 0 atom stereocenters. The molecular formula is C10H17N3S2. The Kier molecular flexibility index (Phi) is 4.29. The monoisotopic (exact) mass is 243 g/mol. The van der Waals surface area contributed by atoms with Crippen LogP contribution < -0.4 is 10.2 Å². The van der Waals surface area contributed by atoms with Crippen LogP contribution in [0.1, 0.15) is 12.6 Å². The second kappa shape index (κ2) is 5.72. The summed E-state index contributed by atoms with van der Waals surface area (Å²) in [7, 11) is 0. The predicted molar refractivity (Wildman–Crippen MR) is 69.0 cm³/mol. The van der Waals surface area contributed by atoms with E-state index in [0.29, 0.717) is 0 Å². The molecule has 1 N–H and O–H groups in total. The van der Waals surface area contributed by atoms with E-state index in [2.05, 4.69) is 27.5 Å². The van der Waals surface area contributed by atoms with E-state index in [-0.39, 0.29) is 0 Å². The number of hydrogen-bond acceptors (Lipinski definition) is 5. The Morgan fingerprint density at radius 3 is 3.00 bits per heavy atom. The van der Waals surface area contributed by atoms with Gasteiger partial charge < -0.3 is 10.2 Å². The van der Waals surface area contributed by atoms with E-state index in [4.69, 9.17) is 0 Å². The van der Waals surface area contributed by atoms with Crippen LogP contribution in [-0.2, 0) is 6.54 Å². The molecule has 1 aromatic rings. The fraction of sp³-hybridized carbons (Fsp3) is 0.700. The first kappa shape index (κ1) is 11.2. The van der Waals surface area contributed by atoms with Gasteiger partial charge in [0.15, 0.2) is 5.13 Å². The zero-order valence-corrected chi connectivity index (χ0v) is 10.7. The van der Waals surface area contributed by atoms with E-state index in [9.17, 15) is 0 Å². The van der Waals surface area contributed by atoms with Crippen molar-refractivity contribution in [2.75, 3.05) is 36.0 Å². The van der Waals surface area contributed by atoms with E-state index in [1.807, 2.05) is 11.8 Å². The minimum absolute atomic E-state index is 0.898. The molecule has 0 aliphatic carbocycles. The van der Waals surface area contributed by atoms with Crippen molar-refractivity contribution in [2.45, 2.75) is 13.5 Å². The predicted octanol–water partition coefficient (Wildman–Crippen LogP) is 1.81. The standard InChI is InChI=1S/C10H17N3S2/c1-2-11-7-9-8-15-10(12-9)13-3-5-14-6-4-13/h8,11H,2-7H2,1H3. The Morgan fingerprint density at radius 1 is 1.47 bits per heavy atom. The Balaban J connectivity index is 1.93. The summed E-state index contributed by atoms with van der Waals surface area (Å²) in [6.07, 6.45) is 0. The van der Waals surface area contributed by atoms with Crippen molar-refractivity contribution in [1.82, 2.24) is 10.3 Å². The van der Waals surface area contributed by atoms with Gasteiger partial charge in [0.05, 0.1) is 5.69 Å². The van der Waals surface area contributed by atoms with Crippen LogP contribution in [-0.4, -0.2) is 36.1 Å². The molecule has 0 unspecified atom stereocenters. The molecular weight excluding hydrogens is 226 g/mol. The number of rotatable bonds is 4. The van der Waals surface area contributed by atoms with E-state index < -0.39 is 0 Å². The smallest absolute Gasteiger partial charge is 0.185 e. The minimum Gasteiger partial charge on any atom is -0.346 e. The molecule has 1 aromatic heterocycles. The lowest BCUT2D eigenvalue weighted by Gasteiger charge is -2.25. The zero-order chi connectivity index (χ0) is 10.5. The lowest BCUT2D eigenvalue weighted by Crippen LogP contribution is -2.32. The highest BCUT2D eigenvalue weighted by Crippen LogP contribution is 2.23. The first-order valence-corrected chi connectivity index (χ1v) is 7.41. The Morgan fingerprint density at radius 2 is 2.27 bits per heavy atom. The zero-order valence-electron chi connectivity index (χ0n) is 9.03. The molecule has 1 aliphatic heterocycles. The van der Waals surface area contributed by atoms with Crippen molar-refractivity contribution in [2.24, 2.45) is 0 Å². The second-order valence-corrected chi connectivity index (χ2v) is 5.56. The van der Waals surface area contributed by atoms with Crippen molar-refractivity contribution in [3.8, 4) is 0 Å². The third-order valence-corrected chi connectivity index (χ3v) is 4.27. The number of thioether (sulfide) groups is 1. The SMILES string of the molecule is CCNCc1csc(N2CCSCC2)n1. The highest BCUT2D eigenvalue weighted by molar-refractivity contribution is 7.99. The maximum atomic E-state index is 4.64. The first-order valence-electron chi connectivity index (χ1n) is 5.38. The second-order valence-electron chi connectivity index (χ2n) is 3.50. The summed E-state index contributed by atoms with van der Waals surface area (Å²) in [5.41, 5.74) is 1.18. The molecule has 0 amide bonds. The number of anilines is 1. The van der Waals surface area contributed by atoms with Crippen LogP contribution >= 0.6 is 23.1 Å². The molecule has 2 heterocycles. The summed E-state index contributed by atoms with van der Waals surface area (Å²) in [6, 6.07) is 0. The van der Waals surface area contributed by atoms with Gasteiger partial charge in [-0.3, -0.25) is 0 Å². The van der Waals surface area contributed by atoms with Gasteiger partial charge in [0.1, 0.15) is 0 Å². The molecule has 0 radical (unpaired) electrons. The van der Waals surface area contributed by atoms with E-state index in [1.54, 1.807) is 11.3 Å². The van der Waals surface area contributed by atoms with Crippen LogP contribution in [0.2, 0.25) is 0 Å². The quantitative estimate of drug-likeness (QED) is 0.873.